The highest BCUT2D eigenvalue weighted by Gasteiger charge is 2.19. The van der Waals surface area contributed by atoms with Gasteiger partial charge in [0.05, 0.1) is 0 Å². The van der Waals surface area contributed by atoms with Crippen LogP contribution in [0.4, 0.5) is 0 Å². The molecule has 1 heterocycles. The Morgan fingerprint density at radius 1 is 1.40 bits per heavy atom. The van der Waals surface area contributed by atoms with E-state index in [1.54, 1.807) is 0 Å². The topological polar surface area (TPSA) is 32.3 Å². The van der Waals surface area contributed by atoms with E-state index < -0.39 is 0 Å². The molecule has 0 aromatic rings. The summed E-state index contributed by atoms with van der Waals surface area (Å²) in [6.07, 6.45) is 8.52. The highest BCUT2D eigenvalue weighted by Crippen LogP contribution is 2.21. The summed E-state index contributed by atoms with van der Waals surface area (Å²) in [5.41, 5.74) is 0. The van der Waals surface area contributed by atoms with Crippen LogP contribution in [0.5, 0.6) is 0 Å². The highest BCUT2D eigenvalue weighted by atomic mass is 16.2. The second-order valence-electron chi connectivity index (χ2n) is 4.45. The normalized spacial score (nSPS) is 26.7. The van der Waals surface area contributed by atoms with Crippen molar-refractivity contribution in [3.63, 3.8) is 0 Å². The van der Waals surface area contributed by atoms with Gasteiger partial charge in [0.1, 0.15) is 0 Å². The van der Waals surface area contributed by atoms with E-state index in [0.717, 1.165) is 51.9 Å². The van der Waals surface area contributed by atoms with E-state index in [-0.39, 0.29) is 0 Å². The molecule has 1 N–H and O–H groups in total. The first kappa shape index (κ1) is 10.7. The minimum absolute atomic E-state index is 0.343. The van der Waals surface area contributed by atoms with E-state index in [4.69, 9.17) is 0 Å². The van der Waals surface area contributed by atoms with Crippen molar-refractivity contribution in [2.45, 2.75) is 25.7 Å². The average Bonchev–Trinajstić information content (AvgIpc) is 2.58. The van der Waals surface area contributed by atoms with Crippen molar-refractivity contribution in [2.24, 2.45) is 5.92 Å². The van der Waals surface area contributed by atoms with Crippen LogP contribution in [0.2, 0.25) is 0 Å². The minimum Gasteiger partial charge on any atom is -0.341 e. The molecule has 1 aliphatic carbocycles. The third-order valence-electron chi connectivity index (χ3n) is 3.24. The van der Waals surface area contributed by atoms with Crippen LogP contribution in [0.1, 0.15) is 25.7 Å². The lowest BCUT2D eigenvalue weighted by atomic mass is 10.0. The van der Waals surface area contributed by atoms with Gasteiger partial charge in [0.2, 0.25) is 5.91 Å². The lowest BCUT2D eigenvalue weighted by Gasteiger charge is -2.21. The SMILES string of the molecule is O=C(CC1C=CCC1)N1CCCNCC1. The van der Waals surface area contributed by atoms with Gasteiger partial charge in [0.25, 0.3) is 0 Å². The summed E-state index contributed by atoms with van der Waals surface area (Å²) in [6, 6.07) is 0. The van der Waals surface area contributed by atoms with Crippen LogP contribution < -0.4 is 5.32 Å². The van der Waals surface area contributed by atoms with Crippen molar-refractivity contribution in [1.82, 2.24) is 10.2 Å². The first-order valence-electron chi connectivity index (χ1n) is 6.01. The molecule has 84 valence electrons. The van der Waals surface area contributed by atoms with Crippen LogP contribution in [0.25, 0.3) is 0 Å². The molecular weight excluding hydrogens is 188 g/mol. The van der Waals surface area contributed by atoms with Crippen molar-refractivity contribution in [1.29, 1.82) is 0 Å². The summed E-state index contributed by atoms with van der Waals surface area (Å²) >= 11 is 0. The molecule has 0 radical (unpaired) electrons. The van der Waals surface area contributed by atoms with Crippen molar-refractivity contribution in [3.8, 4) is 0 Å². The predicted octanol–water partition coefficient (Wildman–Crippen LogP) is 1.16. The third kappa shape index (κ3) is 3.06. The highest BCUT2D eigenvalue weighted by molar-refractivity contribution is 5.76. The maximum Gasteiger partial charge on any atom is 0.223 e. The number of amides is 1. The fourth-order valence-corrected chi connectivity index (χ4v) is 2.31. The number of hydrogen-bond acceptors (Lipinski definition) is 2. The van der Waals surface area contributed by atoms with E-state index >= 15 is 0 Å². The standard InChI is InChI=1S/C12H20N2O/c15-12(10-11-4-1-2-5-11)14-8-3-6-13-7-9-14/h1,4,11,13H,2-3,5-10H2. The number of nitrogens with zero attached hydrogens (tertiary/aromatic N) is 1. The molecule has 0 spiro atoms. The molecule has 0 aromatic carbocycles. The second-order valence-corrected chi connectivity index (χ2v) is 4.45. The van der Waals surface area contributed by atoms with E-state index in [0.29, 0.717) is 11.8 Å². The summed E-state index contributed by atoms with van der Waals surface area (Å²) in [4.78, 5) is 14.0. The maximum absolute atomic E-state index is 12.0. The van der Waals surface area contributed by atoms with Gasteiger partial charge in [-0.1, -0.05) is 12.2 Å². The smallest absolute Gasteiger partial charge is 0.223 e. The largest absolute Gasteiger partial charge is 0.341 e. The quantitative estimate of drug-likeness (QED) is 0.691. The Morgan fingerprint density at radius 3 is 3.13 bits per heavy atom. The summed E-state index contributed by atoms with van der Waals surface area (Å²) in [5.74, 6) is 0.851. The van der Waals surface area contributed by atoms with Crippen LogP contribution in [-0.2, 0) is 4.79 Å². The molecule has 0 saturated carbocycles. The lowest BCUT2D eigenvalue weighted by molar-refractivity contribution is -0.131. The van der Waals surface area contributed by atoms with Gasteiger partial charge in [-0.3, -0.25) is 4.79 Å². The van der Waals surface area contributed by atoms with Crippen molar-refractivity contribution >= 4 is 5.91 Å². The predicted molar refractivity (Wildman–Crippen MR) is 60.5 cm³/mol. The fourth-order valence-electron chi connectivity index (χ4n) is 2.31. The van der Waals surface area contributed by atoms with Gasteiger partial charge in [0, 0.05) is 26.1 Å². The molecule has 1 saturated heterocycles. The van der Waals surface area contributed by atoms with Gasteiger partial charge in [-0.25, -0.2) is 0 Å². The molecule has 1 fully saturated rings. The van der Waals surface area contributed by atoms with Gasteiger partial charge in [-0.2, -0.15) is 0 Å². The van der Waals surface area contributed by atoms with Gasteiger partial charge in [-0.15, -0.1) is 0 Å². The Kier molecular flexibility index (Phi) is 3.78. The molecule has 1 amide bonds. The zero-order chi connectivity index (χ0) is 10.5. The second kappa shape index (κ2) is 5.31. The summed E-state index contributed by atoms with van der Waals surface area (Å²) in [7, 11) is 0. The van der Waals surface area contributed by atoms with E-state index in [9.17, 15) is 4.79 Å². The van der Waals surface area contributed by atoms with Crippen molar-refractivity contribution in [2.75, 3.05) is 26.2 Å². The van der Waals surface area contributed by atoms with E-state index in [1.807, 2.05) is 4.90 Å². The first-order chi connectivity index (χ1) is 7.36. The molecule has 1 unspecified atom stereocenters. The summed E-state index contributed by atoms with van der Waals surface area (Å²) in [5, 5.41) is 3.32. The summed E-state index contributed by atoms with van der Waals surface area (Å²) in [6.45, 7) is 3.82. The number of hydrogen-bond donors (Lipinski definition) is 1. The minimum atomic E-state index is 0.343. The van der Waals surface area contributed by atoms with Crippen LogP contribution in [0.15, 0.2) is 12.2 Å². The lowest BCUT2D eigenvalue weighted by Crippen LogP contribution is -2.34. The molecule has 0 bridgehead atoms. The number of carbonyl (C=O) groups is 1. The van der Waals surface area contributed by atoms with Gasteiger partial charge >= 0.3 is 0 Å². The number of carbonyl (C=O) groups excluding carboxylic acids is 1. The molecule has 1 aliphatic heterocycles. The van der Waals surface area contributed by atoms with Crippen LogP contribution in [-0.4, -0.2) is 37.0 Å². The average molecular weight is 208 g/mol. The molecule has 1 atom stereocenters. The Morgan fingerprint density at radius 2 is 2.33 bits per heavy atom. The van der Waals surface area contributed by atoms with Crippen LogP contribution in [0.3, 0.4) is 0 Å². The van der Waals surface area contributed by atoms with Gasteiger partial charge < -0.3 is 10.2 Å². The molecule has 3 nitrogen and oxygen atoms in total. The van der Waals surface area contributed by atoms with Crippen molar-refractivity contribution in [3.05, 3.63) is 12.2 Å². The Bertz CT molecular complexity index is 242. The van der Waals surface area contributed by atoms with Crippen molar-refractivity contribution < 1.29 is 4.79 Å². The zero-order valence-corrected chi connectivity index (χ0v) is 9.24. The Hall–Kier alpha value is -0.830. The molecule has 15 heavy (non-hydrogen) atoms. The van der Waals surface area contributed by atoms with Crippen LogP contribution in [0, 0.1) is 5.92 Å². The Labute approximate surface area is 91.5 Å². The molecular formula is C12H20N2O. The molecule has 0 aromatic heterocycles. The number of nitrogens with one attached hydrogen (secondary N) is 1. The maximum atomic E-state index is 12.0. The number of allylic oxidation sites excluding steroid dienone is 2. The molecule has 2 aliphatic rings. The molecule has 3 heteroatoms. The fraction of sp³-hybridized carbons (Fsp3) is 0.750. The Balaban J connectivity index is 1.80. The monoisotopic (exact) mass is 208 g/mol. The van der Waals surface area contributed by atoms with Crippen LogP contribution >= 0.6 is 0 Å². The van der Waals surface area contributed by atoms with Gasteiger partial charge in [-0.05, 0) is 31.7 Å². The van der Waals surface area contributed by atoms with Gasteiger partial charge in [0.15, 0.2) is 0 Å². The number of rotatable bonds is 2. The zero-order valence-electron chi connectivity index (χ0n) is 9.24. The summed E-state index contributed by atoms with van der Waals surface area (Å²) < 4.78 is 0. The molecule has 2 rings (SSSR count). The van der Waals surface area contributed by atoms with E-state index in [2.05, 4.69) is 17.5 Å². The third-order valence-corrected chi connectivity index (χ3v) is 3.24. The van der Waals surface area contributed by atoms with E-state index in [1.165, 1.54) is 0 Å². The first-order valence-corrected chi connectivity index (χ1v) is 6.01.